The molecule has 0 fully saturated rings. The molecule has 0 amide bonds. The van der Waals surface area contributed by atoms with Crippen molar-refractivity contribution >= 4 is 5.71 Å². The number of rotatable bonds is 3. The largest absolute Gasteiger partial charge is 0.273 e. The van der Waals surface area contributed by atoms with Crippen LogP contribution < -0.4 is 0 Å². The summed E-state index contributed by atoms with van der Waals surface area (Å²) in [6.45, 7) is 6.43. The Labute approximate surface area is 73.3 Å². The summed E-state index contributed by atoms with van der Waals surface area (Å²) in [5.74, 6) is 0. The van der Waals surface area contributed by atoms with Gasteiger partial charge in [0.25, 0.3) is 0 Å². The molecule has 0 atom stereocenters. The Kier molecular flexibility index (Phi) is 1.65. The SMILES string of the molecule is CCN(CC)C12C=CC(=N1)C=C2. The maximum absolute atomic E-state index is 4.59. The average molecular weight is 162 g/mol. The van der Waals surface area contributed by atoms with E-state index in [4.69, 9.17) is 0 Å². The molecule has 0 aliphatic carbocycles. The third-order valence-corrected chi connectivity index (χ3v) is 2.58. The third-order valence-electron chi connectivity index (χ3n) is 2.58. The van der Waals surface area contributed by atoms with Crippen LogP contribution in [0.1, 0.15) is 13.8 Å². The van der Waals surface area contributed by atoms with Crippen LogP contribution in [0.5, 0.6) is 0 Å². The van der Waals surface area contributed by atoms with Gasteiger partial charge in [0, 0.05) is 0 Å². The predicted molar refractivity (Wildman–Crippen MR) is 51.4 cm³/mol. The maximum Gasteiger partial charge on any atom is 0.152 e. The van der Waals surface area contributed by atoms with Gasteiger partial charge in [-0.05, 0) is 37.4 Å². The topological polar surface area (TPSA) is 15.6 Å². The highest BCUT2D eigenvalue weighted by Gasteiger charge is 2.35. The quantitative estimate of drug-likeness (QED) is 0.615. The minimum absolute atomic E-state index is 0.112. The zero-order chi connectivity index (χ0) is 8.60. The molecule has 0 saturated heterocycles. The molecule has 2 heterocycles. The van der Waals surface area contributed by atoms with Crippen LogP contribution >= 0.6 is 0 Å². The van der Waals surface area contributed by atoms with Crippen LogP contribution in [0.25, 0.3) is 0 Å². The number of aliphatic imine (C=N–C) groups is 1. The first-order valence-corrected chi connectivity index (χ1v) is 4.54. The average Bonchev–Trinajstić information content (AvgIpc) is 2.66. The molecular weight excluding hydrogens is 148 g/mol. The van der Waals surface area contributed by atoms with Gasteiger partial charge >= 0.3 is 0 Å². The highest BCUT2D eigenvalue weighted by atomic mass is 15.3. The molecule has 0 unspecified atom stereocenters. The third kappa shape index (κ3) is 0.879. The fraction of sp³-hybridized carbons (Fsp3) is 0.500. The lowest BCUT2D eigenvalue weighted by molar-refractivity contribution is 0.202. The van der Waals surface area contributed by atoms with Crippen molar-refractivity contribution in [3.8, 4) is 0 Å². The van der Waals surface area contributed by atoms with Crippen LogP contribution in [0.4, 0.5) is 0 Å². The summed E-state index contributed by atoms with van der Waals surface area (Å²) in [7, 11) is 0. The Bertz CT molecular complexity index is 254. The van der Waals surface area contributed by atoms with Gasteiger partial charge in [-0.1, -0.05) is 13.8 Å². The summed E-state index contributed by atoms with van der Waals surface area (Å²) in [5, 5.41) is 0. The van der Waals surface area contributed by atoms with Gasteiger partial charge in [0.15, 0.2) is 5.66 Å². The number of hydrogen-bond donors (Lipinski definition) is 0. The van der Waals surface area contributed by atoms with E-state index in [2.05, 4.69) is 48.0 Å². The molecule has 0 aromatic rings. The molecule has 2 heteroatoms. The minimum atomic E-state index is -0.112. The normalized spacial score (nSPS) is 22.4. The Morgan fingerprint density at radius 1 is 1.25 bits per heavy atom. The van der Waals surface area contributed by atoms with Crippen LogP contribution in [0, 0.1) is 0 Å². The molecule has 2 aliphatic rings. The molecule has 0 aromatic heterocycles. The smallest absolute Gasteiger partial charge is 0.152 e. The van der Waals surface area contributed by atoms with E-state index in [1.54, 1.807) is 0 Å². The lowest BCUT2D eigenvalue weighted by Crippen LogP contribution is -2.42. The first-order chi connectivity index (χ1) is 5.80. The van der Waals surface area contributed by atoms with E-state index >= 15 is 0 Å². The summed E-state index contributed by atoms with van der Waals surface area (Å²) in [5.41, 5.74) is 1.00. The van der Waals surface area contributed by atoms with Crippen LogP contribution in [0.2, 0.25) is 0 Å². The summed E-state index contributed by atoms with van der Waals surface area (Å²) < 4.78 is 0. The molecule has 12 heavy (non-hydrogen) atoms. The van der Waals surface area contributed by atoms with Crippen molar-refractivity contribution in [3.63, 3.8) is 0 Å². The maximum atomic E-state index is 4.59. The number of fused-ring (bicyclic) bond motifs is 1. The van der Waals surface area contributed by atoms with Gasteiger partial charge in [-0.3, -0.25) is 9.89 Å². The molecule has 2 nitrogen and oxygen atoms in total. The standard InChI is InChI=1S/C10H14N2/c1-3-12(4-2)10-7-5-9(11-10)6-8-10/h5-8H,3-4H2,1-2H3. The van der Waals surface area contributed by atoms with Crippen molar-refractivity contribution in [2.24, 2.45) is 4.99 Å². The summed E-state index contributed by atoms with van der Waals surface area (Å²) in [6.07, 6.45) is 8.54. The molecule has 2 rings (SSSR count). The van der Waals surface area contributed by atoms with E-state index in [1.165, 1.54) is 0 Å². The Morgan fingerprint density at radius 2 is 1.83 bits per heavy atom. The van der Waals surface area contributed by atoms with Crippen molar-refractivity contribution in [1.82, 2.24) is 4.90 Å². The summed E-state index contributed by atoms with van der Waals surface area (Å²) in [4.78, 5) is 6.94. The van der Waals surface area contributed by atoms with Gasteiger partial charge in [-0.15, -0.1) is 0 Å². The van der Waals surface area contributed by atoms with Crippen LogP contribution in [0.3, 0.4) is 0 Å². The van der Waals surface area contributed by atoms with Gasteiger partial charge < -0.3 is 0 Å². The fourth-order valence-electron chi connectivity index (χ4n) is 1.89. The second-order valence-corrected chi connectivity index (χ2v) is 3.16. The zero-order valence-electron chi connectivity index (χ0n) is 7.62. The van der Waals surface area contributed by atoms with Gasteiger partial charge in [-0.25, -0.2) is 0 Å². The van der Waals surface area contributed by atoms with E-state index in [1.807, 2.05) is 0 Å². The van der Waals surface area contributed by atoms with E-state index in [9.17, 15) is 0 Å². The van der Waals surface area contributed by atoms with Crippen molar-refractivity contribution < 1.29 is 0 Å². The first-order valence-electron chi connectivity index (χ1n) is 4.54. The fourth-order valence-corrected chi connectivity index (χ4v) is 1.89. The minimum Gasteiger partial charge on any atom is -0.273 e. The van der Waals surface area contributed by atoms with Crippen molar-refractivity contribution in [3.05, 3.63) is 24.3 Å². The Hall–Kier alpha value is -0.890. The highest BCUT2D eigenvalue weighted by molar-refractivity contribution is 6.08. The van der Waals surface area contributed by atoms with Gasteiger partial charge in [0.2, 0.25) is 0 Å². The summed E-state index contributed by atoms with van der Waals surface area (Å²) >= 11 is 0. The molecular formula is C10H14N2. The highest BCUT2D eigenvalue weighted by Crippen LogP contribution is 2.30. The van der Waals surface area contributed by atoms with E-state index < -0.39 is 0 Å². The molecule has 64 valence electrons. The van der Waals surface area contributed by atoms with E-state index in [0.29, 0.717) is 0 Å². The molecule has 0 spiro atoms. The van der Waals surface area contributed by atoms with Crippen LogP contribution in [-0.2, 0) is 0 Å². The van der Waals surface area contributed by atoms with Gasteiger partial charge in [0.05, 0.1) is 5.71 Å². The van der Waals surface area contributed by atoms with Crippen molar-refractivity contribution in [2.75, 3.05) is 13.1 Å². The molecule has 2 bridgehead atoms. The number of allylic oxidation sites excluding steroid dienone is 2. The molecule has 0 saturated carbocycles. The van der Waals surface area contributed by atoms with E-state index in [0.717, 1.165) is 18.8 Å². The number of hydrogen-bond acceptors (Lipinski definition) is 2. The molecule has 0 radical (unpaired) electrons. The molecule has 0 aromatic carbocycles. The number of nitrogens with zero attached hydrogens (tertiary/aromatic N) is 2. The van der Waals surface area contributed by atoms with Crippen LogP contribution in [-0.4, -0.2) is 29.4 Å². The number of likely N-dealkylation sites (N-methyl/N-ethyl adjacent to an activating group) is 1. The Morgan fingerprint density at radius 3 is 2.17 bits per heavy atom. The summed E-state index contributed by atoms with van der Waals surface area (Å²) in [6, 6.07) is 0. The van der Waals surface area contributed by atoms with E-state index in [-0.39, 0.29) is 5.66 Å². The van der Waals surface area contributed by atoms with Gasteiger partial charge in [0.1, 0.15) is 0 Å². The van der Waals surface area contributed by atoms with Crippen LogP contribution in [0.15, 0.2) is 29.3 Å². The lowest BCUT2D eigenvalue weighted by Gasteiger charge is -2.32. The zero-order valence-corrected chi connectivity index (χ0v) is 7.62. The van der Waals surface area contributed by atoms with Gasteiger partial charge in [-0.2, -0.15) is 0 Å². The lowest BCUT2D eigenvalue weighted by atomic mass is 10.1. The molecule has 2 aliphatic heterocycles. The first kappa shape index (κ1) is 7.74. The van der Waals surface area contributed by atoms with Crippen molar-refractivity contribution in [2.45, 2.75) is 19.5 Å². The van der Waals surface area contributed by atoms with Crippen molar-refractivity contribution in [1.29, 1.82) is 0 Å². The second kappa shape index (κ2) is 2.56. The monoisotopic (exact) mass is 162 g/mol. The Balaban J connectivity index is 2.27. The second-order valence-electron chi connectivity index (χ2n) is 3.16. The molecule has 0 N–H and O–H groups in total. The predicted octanol–water partition coefficient (Wildman–Crippen LogP) is 1.61.